The van der Waals surface area contributed by atoms with E-state index < -0.39 is 18.2 Å². The van der Waals surface area contributed by atoms with Gasteiger partial charge in [-0.3, -0.25) is 0 Å². The zero-order valence-electron chi connectivity index (χ0n) is 5.08. The molecule has 8 heteroatoms. The average Bonchev–Trinajstić information content (AvgIpc) is 0.722. The van der Waals surface area contributed by atoms with Crippen LogP contribution >= 0.6 is 0 Å². The van der Waals surface area contributed by atoms with Crippen LogP contribution in [-0.2, 0) is 12.7 Å². The normalized spacial score (nSPS) is 7.38. The molecule has 0 aliphatic heterocycles. The number of hydrogen-bond donors (Lipinski definition) is 3. The van der Waals surface area contributed by atoms with Crippen LogP contribution in [0.2, 0.25) is 0 Å². The van der Waals surface area contributed by atoms with Gasteiger partial charge in [0.05, 0.1) is 0 Å². The fraction of sp³-hybridized carbons (Fsp3) is 0. The summed E-state index contributed by atoms with van der Waals surface area (Å²) in [7, 11) is 3.36. The molecule has 0 radical (unpaired) electrons. The monoisotopic (exact) mass is 255 g/mol. The molecule has 0 unspecified atom stereocenters. The first-order valence-corrected chi connectivity index (χ1v) is 7.35. The Hall–Kier alpha value is 0.768. The quantitative estimate of drug-likeness (QED) is 0.344. The molecule has 12 N–H and O–H groups in total. The molecular weight excluding hydrogens is 244 g/mol. The zero-order valence-corrected chi connectivity index (χ0v) is 8.45. The van der Waals surface area contributed by atoms with Gasteiger partial charge < -0.3 is 18.5 Å². The van der Waals surface area contributed by atoms with E-state index in [-0.39, 0.29) is 18.5 Å². The third-order valence-electron chi connectivity index (χ3n) is 0. The van der Waals surface area contributed by atoms with Gasteiger partial charge in [-0.25, -0.2) is 0 Å². The van der Waals surface area contributed by atoms with Gasteiger partial charge >= 0.3 is 37.7 Å². The van der Waals surface area contributed by atoms with Gasteiger partial charge in [-0.15, -0.1) is 0 Å². The van der Waals surface area contributed by atoms with Crippen LogP contribution in [0.4, 0.5) is 0 Å². The third-order valence-corrected chi connectivity index (χ3v) is 0. The molecule has 56 valence electrons. The van der Waals surface area contributed by atoms with E-state index in [0.29, 0.717) is 0 Å². The van der Waals surface area contributed by atoms with Crippen LogP contribution in [0.25, 0.3) is 0 Å². The summed E-state index contributed by atoms with van der Waals surface area (Å²) in [6, 6.07) is 0. The Morgan fingerprint density at radius 3 is 1.12 bits per heavy atom. The Labute approximate surface area is 56.4 Å². The molecule has 8 heavy (non-hydrogen) atoms. The standard InChI is InChI=1S/3H3N.3O.S.Sb/h3*1H3;;;;;/q;;;;3*-1;/p+3. The van der Waals surface area contributed by atoms with Crippen LogP contribution in [0.1, 0.15) is 0 Å². The third kappa shape index (κ3) is 382. The number of hydrogen-bond acceptors (Lipinski definition) is 4. The molecule has 0 atom stereocenters. The second kappa shape index (κ2) is 7.77. The Balaban J connectivity index is -0.0000000267. The van der Waals surface area contributed by atoms with Gasteiger partial charge in [-0.1, -0.05) is 0 Å². The molecule has 0 rings (SSSR count). The van der Waals surface area contributed by atoms with Crippen molar-refractivity contribution >= 4 is 27.9 Å². The van der Waals surface area contributed by atoms with E-state index in [0.717, 1.165) is 0 Å². The summed E-state index contributed by atoms with van der Waals surface area (Å²) in [5, 5.41) is 0. The topological polar surface area (TPSA) is 173 Å². The van der Waals surface area contributed by atoms with Crippen molar-refractivity contribution in [2.75, 3.05) is 0 Å². The van der Waals surface area contributed by atoms with Crippen molar-refractivity contribution in [3.05, 3.63) is 0 Å². The summed E-state index contributed by atoms with van der Waals surface area (Å²) >= 11 is -5.27. The molecule has 0 heterocycles. The first-order chi connectivity index (χ1) is 2.00. The molecule has 0 aliphatic carbocycles. The van der Waals surface area contributed by atoms with Crippen molar-refractivity contribution in [2.24, 2.45) is 0 Å². The average molecular weight is 256 g/mol. The van der Waals surface area contributed by atoms with Crippen molar-refractivity contribution in [1.82, 2.24) is 18.5 Å². The molecule has 0 aromatic heterocycles. The van der Waals surface area contributed by atoms with Crippen molar-refractivity contribution in [1.29, 1.82) is 0 Å². The van der Waals surface area contributed by atoms with E-state index in [2.05, 4.69) is 9.72 Å². The molecule has 0 fully saturated rings. The van der Waals surface area contributed by atoms with Gasteiger partial charge in [0.25, 0.3) is 0 Å². The van der Waals surface area contributed by atoms with Crippen LogP contribution in [0.3, 0.4) is 0 Å². The van der Waals surface area contributed by atoms with Gasteiger partial charge in [-0.2, -0.15) is 0 Å². The molecular formula is H12N3O3SSb. The first-order valence-electron chi connectivity index (χ1n) is 0.730. The minimum atomic E-state index is -5.27. The van der Waals surface area contributed by atoms with E-state index in [9.17, 15) is 0 Å². The molecule has 0 aliphatic rings. The second-order valence-electron chi connectivity index (χ2n) is 0.447. The predicted molar refractivity (Wildman–Crippen MR) is 31.8 cm³/mol. The Morgan fingerprint density at radius 1 is 1.12 bits per heavy atom. The van der Waals surface area contributed by atoms with Crippen molar-refractivity contribution < 1.29 is 9.79 Å². The predicted octanol–water partition coefficient (Wildman–Crippen LogP) is -1.75. The number of rotatable bonds is 0. The van der Waals surface area contributed by atoms with Gasteiger partial charge in [0, 0.05) is 0 Å². The molecule has 0 aromatic rings. The van der Waals surface area contributed by atoms with Crippen LogP contribution in [0, 0.1) is 0 Å². The second-order valence-corrected chi connectivity index (χ2v) is 6.00. The van der Waals surface area contributed by atoms with E-state index in [1.165, 1.54) is 0 Å². The van der Waals surface area contributed by atoms with E-state index in [1.807, 2.05) is 0 Å². The molecule has 0 spiro atoms. The van der Waals surface area contributed by atoms with Crippen LogP contribution in [-0.4, -0.2) is 18.2 Å². The van der Waals surface area contributed by atoms with Gasteiger partial charge in [0.2, 0.25) is 0 Å². The van der Waals surface area contributed by atoms with Crippen molar-refractivity contribution in [3.8, 4) is 0 Å². The summed E-state index contributed by atoms with van der Waals surface area (Å²) < 4.78 is 27.0. The molecule has 0 amide bonds. The van der Waals surface area contributed by atoms with Crippen molar-refractivity contribution in [2.45, 2.75) is 0 Å². The Morgan fingerprint density at radius 2 is 1.12 bits per heavy atom. The Bertz CT molecular complexity index is 60.7. The van der Waals surface area contributed by atoms with Gasteiger partial charge in [0.1, 0.15) is 0 Å². The first kappa shape index (κ1) is 23.3. The number of quaternary nitrogens is 3. The minimum absolute atomic E-state index is 0. The summed E-state index contributed by atoms with van der Waals surface area (Å²) in [5.74, 6) is 0. The summed E-state index contributed by atoms with van der Waals surface area (Å²) in [5.41, 5.74) is 0. The SMILES string of the molecule is [NH4+].[NH4+].[NH4+].[O]=[Sb]([O-])([O-])[S-]. The summed E-state index contributed by atoms with van der Waals surface area (Å²) in [6.45, 7) is 0. The molecule has 0 aromatic carbocycles. The molecule has 0 bridgehead atoms. The summed E-state index contributed by atoms with van der Waals surface area (Å²) in [4.78, 5) is 0. The van der Waals surface area contributed by atoms with E-state index >= 15 is 0 Å². The fourth-order valence-electron chi connectivity index (χ4n) is 0. The molecule has 0 saturated heterocycles. The molecule has 0 saturated carbocycles. The molecule has 6 nitrogen and oxygen atoms in total. The van der Waals surface area contributed by atoms with Gasteiger partial charge in [0.15, 0.2) is 0 Å². The van der Waals surface area contributed by atoms with Crippen LogP contribution < -0.4 is 25.2 Å². The van der Waals surface area contributed by atoms with Gasteiger partial charge in [-0.05, 0) is 0 Å². The Kier molecular flexibility index (Phi) is 22.6. The van der Waals surface area contributed by atoms with Crippen LogP contribution in [0.15, 0.2) is 0 Å². The van der Waals surface area contributed by atoms with E-state index in [4.69, 9.17) is 9.79 Å². The summed E-state index contributed by atoms with van der Waals surface area (Å²) in [6.07, 6.45) is 0. The maximum atomic E-state index is 9.01. The van der Waals surface area contributed by atoms with E-state index in [1.54, 1.807) is 0 Å². The van der Waals surface area contributed by atoms with Crippen molar-refractivity contribution in [3.63, 3.8) is 0 Å². The maximum absolute atomic E-state index is 9.01. The van der Waals surface area contributed by atoms with Crippen LogP contribution in [0.5, 0.6) is 0 Å². The fourth-order valence-corrected chi connectivity index (χ4v) is 0. The zero-order chi connectivity index (χ0) is 4.50.